The molecule has 0 aliphatic rings. The van der Waals surface area contributed by atoms with Crippen molar-refractivity contribution >= 4 is 33.1 Å². The molecule has 0 spiro atoms. The molecular formula is C24H46O4Sn. The molecule has 2 unspecified atom stereocenters. The zero-order chi connectivity index (χ0) is 22.5. The third-order valence-electron chi connectivity index (χ3n) is 5.90. The Hall–Kier alpha value is -0.261. The molecule has 170 valence electrons. The average Bonchev–Trinajstić information content (AvgIpc) is 2.70. The van der Waals surface area contributed by atoms with Crippen LogP contribution in [0.4, 0.5) is 0 Å². The minimum atomic E-state index is -1.11. The van der Waals surface area contributed by atoms with Crippen molar-refractivity contribution in [2.75, 3.05) is 0 Å². The molecule has 0 bridgehead atoms. The number of rotatable bonds is 18. The summed E-state index contributed by atoms with van der Waals surface area (Å²) in [6.45, 7) is 10.5. The van der Waals surface area contributed by atoms with Crippen molar-refractivity contribution in [1.29, 1.82) is 0 Å². The van der Waals surface area contributed by atoms with E-state index in [1.54, 1.807) is 8.87 Å². The number of carboxylic acids is 2. The van der Waals surface area contributed by atoms with Crippen molar-refractivity contribution in [1.82, 2.24) is 0 Å². The number of hydrogen-bond donors (Lipinski definition) is 0. The van der Waals surface area contributed by atoms with Crippen molar-refractivity contribution in [2.45, 2.75) is 127 Å². The second-order valence-electron chi connectivity index (χ2n) is 8.08. The topological polar surface area (TPSA) is 80.3 Å². The van der Waals surface area contributed by atoms with Crippen LogP contribution in [0.2, 0.25) is 8.87 Å². The van der Waals surface area contributed by atoms with Gasteiger partial charge in [0.25, 0.3) is 0 Å². The van der Waals surface area contributed by atoms with Gasteiger partial charge in [-0.25, -0.2) is 0 Å². The third-order valence-corrected chi connectivity index (χ3v) is 9.94. The van der Waals surface area contributed by atoms with E-state index in [4.69, 9.17) is 0 Å². The normalized spacial score (nSPS) is 13.6. The Kier molecular flexibility index (Phi) is 22.4. The third kappa shape index (κ3) is 15.2. The molecule has 0 fully saturated rings. The average molecular weight is 517 g/mol. The van der Waals surface area contributed by atoms with Gasteiger partial charge in [0, 0.05) is 17.4 Å². The van der Waals surface area contributed by atoms with E-state index in [9.17, 15) is 19.8 Å². The molecular weight excluding hydrogens is 471 g/mol. The summed E-state index contributed by atoms with van der Waals surface area (Å²) >= 11 is 0.149. The first kappa shape index (κ1) is 30.9. The van der Waals surface area contributed by atoms with Gasteiger partial charge in [0.15, 0.2) is 0 Å². The van der Waals surface area contributed by atoms with Gasteiger partial charge >= 0.3 is 69.5 Å². The molecule has 0 aliphatic carbocycles. The van der Waals surface area contributed by atoms with Crippen LogP contribution in [0.25, 0.3) is 0 Å². The van der Waals surface area contributed by atoms with E-state index in [0.717, 1.165) is 25.7 Å². The van der Waals surface area contributed by atoms with Gasteiger partial charge in [0.2, 0.25) is 0 Å². The van der Waals surface area contributed by atoms with Crippen molar-refractivity contribution in [3.8, 4) is 0 Å². The molecule has 0 aromatic carbocycles. The van der Waals surface area contributed by atoms with Crippen molar-refractivity contribution in [3.05, 3.63) is 0 Å². The fourth-order valence-corrected chi connectivity index (χ4v) is 8.00. The SMILES string of the molecule is CCCCCCC(CC)(C(=O)[O-])C(CC)CCC(=O)[O-].CCC[CH2][Sn+2][CH2]CCC. The summed E-state index contributed by atoms with van der Waals surface area (Å²) in [6, 6.07) is 0. The molecule has 0 amide bonds. The van der Waals surface area contributed by atoms with Crippen LogP contribution in [0.5, 0.6) is 0 Å². The predicted molar refractivity (Wildman–Crippen MR) is 120 cm³/mol. The first-order valence-electron chi connectivity index (χ1n) is 12.0. The van der Waals surface area contributed by atoms with Gasteiger partial charge in [-0.15, -0.1) is 0 Å². The summed E-state index contributed by atoms with van der Waals surface area (Å²) in [5.41, 5.74) is -0.891. The summed E-state index contributed by atoms with van der Waals surface area (Å²) in [5.74, 6) is -2.29. The Morgan fingerprint density at radius 1 is 0.828 bits per heavy atom. The molecule has 0 heterocycles. The second-order valence-corrected chi connectivity index (χ2v) is 12.4. The van der Waals surface area contributed by atoms with E-state index in [-0.39, 0.29) is 33.5 Å². The number of unbranched alkanes of at least 4 members (excludes halogenated alkanes) is 5. The van der Waals surface area contributed by atoms with E-state index in [1.165, 1.54) is 25.7 Å². The van der Waals surface area contributed by atoms with Crippen LogP contribution in [0.15, 0.2) is 0 Å². The molecule has 4 nitrogen and oxygen atoms in total. The first-order chi connectivity index (χ1) is 13.9. The van der Waals surface area contributed by atoms with E-state index in [0.29, 0.717) is 25.7 Å². The Morgan fingerprint density at radius 3 is 1.76 bits per heavy atom. The number of aliphatic carboxylic acids is 2. The quantitative estimate of drug-likeness (QED) is 0.194. The molecule has 0 N–H and O–H groups in total. The van der Waals surface area contributed by atoms with Gasteiger partial charge in [-0.3, -0.25) is 0 Å². The Bertz CT molecular complexity index is 394. The maximum absolute atomic E-state index is 11.7. The van der Waals surface area contributed by atoms with Gasteiger partial charge in [-0.2, -0.15) is 0 Å². The fourth-order valence-electron chi connectivity index (χ4n) is 3.84. The molecule has 0 radical (unpaired) electrons. The zero-order valence-electron chi connectivity index (χ0n) is 19.8. The van der Waals surface area contributed by atoms with Crippen LogP contribution in [-0.4, -0.2) is 33.1 Å². The molecule has 2 atom stereocenters. The first-order valence-corrected chi connectivity index (χ1v) is 16.0. The zero-order valence-corrected chi connectivity index (χ0v) is 22.7. The van der Waals surface area contributed by atoms with Gasteiger partial charge in [0.05, 0.1) is 0 Å². The van der Waals surface area contributed by atoms with Crippen molar-refractivity contribution in [3.63, 3.8) is 0 Å². The van der Waals surface area contributed by atoms with Crippen LogP contribution in [0, 0.1) is 11.3 Å². The molecule has 0 aromatic heterocycles. The number of carbonyl (C=O) groups excluding carboxylic acids is 2. The number of carbonyl (C=O) groups is 2. The van der Waals surface area contributed by atoms with Gasteiger partial charge < -0.3 is 19.8 Å². The van der Waals surface area contributed by atoms with E-state index >= 15 is 0 Å². The second kappa shape index (κ2) is 21.0. The van der Waals surface area contributed by atoms with Gasteiger partial charge in [-0.05, 0) is 31.6 Å². The number of hydrogen-bond acceptors (Lipinski definition) is 4. The van der Waals surface area contributed by atoms with Crippen molar-refractivity contribution in [2.24, 2.45) is 11.3 Å². The van der Waals surface area contributed by atoms with Crippen molar-refractivity contribution < 1.29 is 19.8 Å². The van der Waals surface area contributed by atoms with Gasteiger partial charge in [-0.1, -0.05) is 52.9 Å². The molecule has 0 aliphatic heterocycles. The minimum absolute atomic E-state index is 0.0809. The molecule has 5 heteroatoms. The Labute approximate surface area is 190 Å². The Morgan fingerprint density at radius 2 is 1.38 bits per heavy atom. The summed E-state index contributed by atoms with van der Waals surface area (Å²) in [4.78, 5) is 22.3. The van der Waals surface area contributed by atoms with Crippen LogP contribution in [0.3, 0.4) is 0 Å². The fraction of sp³-hybridized carbons (Fsp3) is 0.917. The summed E-state index contributed by atoms with van der Waals surface area (Å²) in [7, 11) is 0. The van der Waals surface area contributed by atoms with Crippen LogP contribution in [0.1, 0.15) is 118 Å². The number of carboxylic acid groups (broad SMARTS) is 2. The predicted octanol–water partition coefficient (Wildman–Crippen LogP) is 4.79. The molecule has 0 saturated heterocycles. The standard InChI is InChI=1S/C16H30O4.2C4H9.Sn/c1-4-7-8-9-12-16(6-3,15(19)20)13(5-2)10-11-14(17)18;2*1-3-4-2;/h13H,4-12H2,1-3H3,(H,17,18)(H,19,20);2*1,3-4H2,2H3;/q;;;+2/p-2. The van der Waals surface area contributed by atoms with Crippen LogP contribution < -0.4 is 10.2 Å². The monoisotopic (exact) mass is 518 g/mol. The Balaban J connectivity index is 0. The molecule has 0 saturated carbocycles. The van der Waals surface area contributed by atoms with E-state index in [1.807, 2.05) is 13.8 Å². The summed E-state index contributed by atoms with van der Waals surface area (Å²) in [5, 5.41) is 22.3. The summed E-state index contributed by atoms with van der Waals surface area (Å²) < 4.78 is 3.25. The van der Waals surface area contributed by atoms with Crippen LogP contribution in [-0.2, 0) is 9.59 Å². The molecule has 0 aromatic rings. The van der Waals surface area contributed by atoms with E-state index < -0.39 is 17.4 Å². The molecule has 29 heavy (non-hydrogen) atoms. The molecule has 0 rings (SSSR count). The van der Waals surface area contributed by atoms with Gasteiger partial charge in [0.1, 0.15) is 0 Å². The van der Waals surface area contributed by atoms with E-state index in [2.05, 4.69) is 20.8 Å². The maximum atomic E-state index is 11.7. The van der Waals surface area contributed by atoms with Crippen LogP contribution >= 0.6 is 0 Å². The summed E-state index contributed by atoms with van der Waals surface area (Å²) in [6.07, 6.45) is 11.9.